The molecule has 0 aliphatic heterocycles. The summed E-state index contributed by atoms with van der Waals surface area (Å²) < 4.78 is 12.7. The molecule has 0 atom stereocenters. The first-order chi connectivity index (χ1) is 5.27. The first-order valence-corrected chi connectivity index (χ1v) is 3.30. The first-order valence-electron chi connectivity index (χ1n) is 2.92. The van der Waals surface area contributed by atoms with Crippen molar-refractivity contribution in [2.24, 2.45) is 0 Å². The van der Waals surface area contributed by atoms with Gasteiger partial charge in [-0.05, 0) is 6.07 Å². The molecule has 56 valence electrons. The van der Waals surface area contributed by atoms with Crippen LogP contribution >= 0.6 is 11.6 Å². The summed E-state index contributed by atoms with van der Waals surface area (Å²) in [6, 6.07) is 1.43. The fourth-order valence-corrected chi connectivity index (χ4v) is 1.02. The predicted molar refractivity (Wildman–Crippen MR) is 38.9 cm³/mol. The molecule has 0 aromatic carbocycles. The topological polar surface area (TPSA) is 41.6 Å². The van der Waals surface area contributed by atoms with Crippen LogP contribution in [0.25, 0.3) is 10.9 Å². The van der Waals surface area contributed by atoms with Crippen LogP contribution in [0.5, 0.6) is 0 Å². The Balaban J connectivity index is 2.87. The van der Waals surface area contributed by atoms with Crippen LogP contribution in [0, 0.1) is 5.95 Å². The van der Waals surface area contributed by atoms with Gasteiger partial charge in [0.1, 0.15) is 5.15 Å². The molecule has 2 heterocycles. The second-order valence-electron chi connectivity index (χ2n) is 2.07. The van der Waals surface area contributed by atoms with Gasteiger partial charge in [0.25, 0.3) is 0 Å². The van der Waals surface area contributed by atoms with E-state index in [9.17, 15) is 4.39 Å². The number of aromatic amines is 1. The Hall–Kier alpha value is -1.16. The van der Waals surface area contributed by atoms with Gasteiger partial charge in [0.05, 0.1) is 17.1 Å². The SMILES string of the molecule is Fc1n[nH]c2cnc(Cl)cc12. The molecule has 0 unspecified atom stereocenters. The molecule has 2 rings (SSSR count). The summed E-state index contributed by atoms with van der Waals surface area (Å²) in [7, 11) is 0. The lowest BCUT2D eigenvalue weighted by molar-refractivity contribution is 0.588. The van der Waals surface area contributed by atoms with Crippen molar-refractivity contribution >= 4 is 22.5 Å². The number of nitrogens with one attached hydrogen (secondary N) is 1. The molecule has 0 bridgehead atoms. The summed E-state index contributed by atoms with van der Waals surface area (Å²) in [4.78, 5) is 3.75. The van der Waals surface area contributed by atoms with Crippen molar-refractivity contribution in [1.29, 1.82) is 0 Å². The second kappa shape index (κ2) is 2.17. The third-order valence-electron chi connectivity index (χ3n) is 1.37. The molecule has 0 saturated heterocycles. The highest BCUT2D eigenvalue weighted by atomic mass is 35.5. The minimum absolute atomic E-state index is 0.262. The molecule has 2 aromatic rings. The number of rotatable bonds is 0. The van der Waals surface area contributed by atoms with E-state index in [0.29, 0.717) is 10.9 Å². The Morgan fingerprint density at radius 3 is 3.18 bits per heavy atom. The summed E-state index contributed by atoms with van der Waals surface area (Å²) in [5, 5.41) is 6.44. The predicted octanol–water partition coefficient (Wildman–Crippen LogP) is 1.75. The number of H-pyrrole nitrogens is 1. The maximum Gasteiger partial charge on any atom is 0.240 e. The lowest BCUT2D eigenvalue weighted by Gasteiger charge is -1.87. The van der Waals surface area contributed by atoms with Gasteiger partial charge in [0, 0.05) is 0 Å². The van der Waals surface area contributed by atoms with Gasteiger partial charge in [0.2, 0.25) is 5.95 Å². The summed E-state index contributed by atoms with van der Waals surface area (Å²) in [6.45, 7) is 0. The zero-order valence-corrected chi connectivity index (χ0v) is 6.06. The maximum absolute atomic E-state index is 12.7. The zero-order chi connectivity index (χ0) is 7.84. The van der Waals surface area contributed by atoms with Crippen LogP contribution in [0.2, 0.25) is 5.15 Å². The molecule has 2 aromatic heterocycles. The zero-order valence-electron chi connectivity index (χ0n) is 5.31. The molecule has 0 saturated carbocycles. The van der Waals surface area contributed by atoms with Gasteiger partial charge in [-0.25, -0.2) is 4.98 Å². The van der Waals surface area contributed by atoms with E-state index in [-0.39, 0.29) is 5.15 Å². The largest absolute Gasteiger partial charge is 0.273 e. The number of hydrogen-bond donors (Lipinski definition) is 1. The Labute approximate surface area is 66.2 Å². The Bertz CT molecular complexity index is 398. The average Bonchev–Trinajstić information content (AvgIpc) is 2.33. The fraction of sp³-hybridized carbons (Fsp3) is 0. The molecule has 0 radical (unpaired) electrons. The number of halogens is 2. The Morgan fingerprint density at radius 1 is 1.55 bits per heavy atom. The summed E-state index contributed by atoms with van der Waals surface area (Å²) >= 11 is 5.53. The Morgan fingerprint density at radius 2 is 2.36 bits per heavy atom. The van der Waals surface area contributed by atoms with E-state index in [1.807, 2.05) is 0 Å². The standard InChI is InChI=1S/C6H3ClFN3/c7-5-1-3-4(2-9-5)10-11-6(3)8/h1-2H,(H,10,11). The van der Waals surface area contributed by atoms with Crippen LogP contribution in [-0.4, -0.2) is 15.2 Å². The Kier molecular flexibility index (Phi) is 1.29. The fourth-order valence-electron chi connectivity index (χ4n) is 0.859. The van der Waals surface area contributed by atoms with E-state index in [0.717, 1.165) is 0 Å². The highest BCUT2D eigenvalue weighted by Crippen LogP contribution is 2.16. The molecule has 0 fully saturated rings. The molecule has 0 amide bonds. The van der Waals surface area contributed by atoms with Crippen molar-refractivity contribution in [3.63, 3.8) is 0 Å². The molecule has 5 heteroatoms. The van der Waals surface area contributed by atoms with Gasteiger partial charge in [-0.15, -0.1) is 5.10 Å². The highest BCUT2D eigenvalue weighted by Gasteiger charge is 2.04. The molecule has 0 aliphatic rings. The van der Waals surface area contributed by atoms with Crippen LogP contribution in [0.1, 0.15) is 0 Å². The van der Waals surface area contributed by atoms with E-state index in [1.54, 1.807) is 0 Å². The number of hydrogen-bond acceptors (Lipinski definition) is 2. The monoisotopic (exact) mass is 171 g/mol. The van der Waals surface area contributed by atoms with Gasteiger partial charge < -0.3 is 0 Å². The van der Waals surface area contributed by atoms with Crippen LogP contribution < -0.4 is 0 Å². The van der Waals surface area contributed by atoms with E-state index >= 15 is 0 Å². The van der Waals surface area contributed by atoms with Gasteiger partial charge in [0.15, 0.2) is 0 Å². The number of fused-ring (bicyclic) bond motifs is 1. The normalized spacial score (nSPS) is 10.7. The van der Waals surface area contributed by atoms with Crippen molar-refractivity contribution in [2.45, 2.75) is 0 Å². The van der Waals surface area contributed by atoms with Crippen molar-refractivity contribution < 1.29 is 4.39 Å². The lowest BCUT2D eigenvalue weighted by atomic mass is 10.3. The smallest absolute Gasteiger partial charge is 0.240 e. The van der Waals surface area contributed by atoms with Gasteiger partial charge >= 0.3 is 0 Å². The van der Waals surface area contributed by atoms with Crippen LogP contribution in [0.4, 0.5) is 4.39 Å². The number of aromatic nitrogens is 3. The molecular formula is C6H3ClFN3. The first kappa shape index (κ1) is 6.54. The highest BCUT2D eigenvalue weighted by molar-refractivity contribution is 6.30. The molecule has 0 aliphatic carbocycles. The average molecular weight is 172 g/mol. The maximum atomic E-state index is 12.7. The van der Waals surface area contributed by atoms with Crippen molar-refractivity contribution in [3.8, 4) is 0 Å². The number of pyridine rings is 1. The summed E-state index contributed by atoms with van der Waals surface area (Å²) in [5.41, 5.74) is 0.548. The van der Waals surface area contributed by atoms with Crippen LogP contribution in [0.15, 0.2) is 12.3 Å². The van der Waals surface area contributed by atoms with E-state index in [4.69, 9.17) is 11.6 Å². The molecular weight excluding hydrogens is 169 g/mol. The van der Waals surface area contributed by atoms with Gasteiger partial charge in [-0.3, -0.25) is 5.10 Å². The summed E-state index contributed by atoms with van der Waals surface area (Å²) in [5.74, 6) is -0.552. The second-order valence-corrected chi connectivity index (χ2v) is 2.45. The molecule has 3 nitrogen and oxygen atoms in total. The molecule has 11 heavy (non-hydrogen) atoms. The minimum Gasteiger partial charge on any atom is -0.273 e. The van der Waals surface area contributed by atoms with Crippen molar-refractivity contribution in [2.75, 3.05) is 0 Å². The summed E-state index contributed by atoms with van der Waals surface area (Å²) in [6.07, 6.45) is 1.44. The van der Waals surface area contributed by atoms with Crippen molar-refractivity contribution in [3.05, 3.63) is 23.4 Å². The lowest BCUT2D eigenvalue weighted by Crippen LogP contribution is -1.74. The third kappa shape index (κ3) is 0.952. The van der Waals surface area contributed by atoms with E-state index in [1.165, 1.54) is 12.3 Å². The van der Waals surface area contributed by atoms with E-state index < -0.39 is 5.95 Å². The quantitative estimate of drug-likeness (QED) is 0.614. The molecule has 1 N–H and O–H groups in total. The molecule has 0 spiro atoms. The van der Waals surface area contributed by atoms with Crippen molar-refractivity contribution in [1.82, 2.24) is 15.2 Å². The van der Waals surface area contributed by atoms with E-state index in [2.05, 4.69) is 15.2 Å². The third-order valence-corrected chi connectivity index (χ3v) is 1.57. The van der Waals surface area contributed by atoms with Crippen LogP contribution in [-0.2, 0) is 0 Å². The number of nitrogens with zero attached hydrogens (tertiary/aromatic N) is 2. The minimum atomic E-state index is -0.552. The van der Waals surface area contributed by atoms with Gasteiger partial charge in [-0.1, -0.05) is 11.6 Å². The van der Waals surface area contributed by atoms with Crippen LogP contribution in [0.3, 0.4) is 0 Å². The van der Waals surface area contributed by atoms with Gasteiger partial charge in [-0.2, -0.15) is 4.39 Å².